The summed E-state index contributed by atoms with van der Waals surface area (Å²) in [6.07, 6.45) is 0. The van der Waals surface area contributed by atoms with E-state index in [1.165, 1.54) is 12.1 Å². The molecule has 0 aliphatic carbocycles. The van der Waals surface area contributed by atoms with Gasteiger partial charge in [0.2, 0.25) is 0 Å². The van der Waals surface area contributed by atoms with E-state index in [2.05, 4.69) is 0 Å². The van der Waals surface area contributed by atoms with Crippen molar-refractivity contribution in [1.82, 2.24) is 18.7 Å². The van der Waals surface area contributed by atoms with Gasteiger partial charge in [0.25, 0.3) is 5.69 Å². The molecule has 0 radical (unpaired) electrons. The zero-order chi connectivity index (χ0) is 31.6. The van der Waals surface area contributed by atoms with Crippen LogP contribution < -0.4 is 29.8 Å². The molecular weight excluding hydrogens is 582 g/mol. The largest absolute Gasteiger partial charge is 0.327 e. The fourth-order valence-electron chi connectivity index (χ4n) is 4.88. The lowest BCUT2D eigenvalue weighted by atomic mass is 9.85. The van der Waals surface area contributed by atoms with Gasteiger partial charge in [-0.2, -0.15) is 9.36 Å². The molecule has 0 N–H and O–H groups in total. The van der Waals surface area contributed by atoms with Gasteiger partial charge in [-0.05, 0) is 50.2 Å². The van der Waals surface area contributed by atoms with Gasteiger partial charge in [-0.15, -0.1) is 10.2 Å². The van der Waals surface area contributed by atoms with Crippen molar-refractivity contribution in [2.24, 2.45) is 14.1 Å². The maximum atomic E-state index is 14.1. The highest BCUT2D eigenvalue weighted by Crippen LogP contribution is 2.33. The van der Waals surface area contributed by atoms with Gasteiger partial charge in [-0.1, -0.05) is 36.4 Å². The number of halogens is 1. The summed E-state index contributed by atoms with van der Waals surface area (Å²) < 4.78 is 40.6. The maximum Gasteiger partial charge on any atom is 0.327 e. The second kappa shape index (κ2) is 12.1. The van der Waals surface area contributed by atoms with Crippen LogP contribution >= 0.6 is 0 Å². The van der Waals surface area contributed by atoms with Crippen molar-refractivity contribution in [3.05, 3.63) is 150 Å². The van der Waals surface area contributed by atoms with E-state index in [0.29, 0.717) is 45.4 Å². The Bertz CT molecular complexity index is 1760. The third-order valence-corrected chi connectivity index (χ3v) is 6.98. The smallest absolute Gasteiger partial charge is 0.258 e. The minimum atomic E-state index is -4.94. The van der Waals surface area contributed by atoms with Crippen molar-refractivity contribution >= 4 is 5.69 Å². The van der Waals surface area contributed by atoms with E-state index in [-0.39, 0.29) is 16.8 Å². The number of nitrogens with zero attached hydrogens (tertiary/aromatic N) is 5. The molecule has 3 aromatic carbocycles. The van der Waals surface area contributed by atoms with Gasteiger partial charge in [0.1, 0.15) is 11.1 Å². The van der Waals surface area contributed by atoms with Crippen molar-refractivity contribution < 1.29 is 33.8 Å². The normalized spacial score (nSPS) is 11.2. The standard InChI is InChI=1S/C29H26N5O4.ClHO4/c1-19-25(28(35)32(30(19)3)22-11-7-5-8-12-22)27(21-15-17-24(18-16-21)34(37)38)26-20(2)31(4)33(29(26)36)23-13-9-6-10-14-23;2-1(3,4)5/h5-18H,1-4H3;(H,2,3,4,5)/q+1;/p-1. The van der Waals surface area contributed by atoms with Crippen LogP contribution in [-0.2, 0) is 14.1 Å². The minimum absolute atomic E-state index is 0.0777. The summed E-state index contributed by atoms with van der Waals surface area (Å²) >= 11 is 0. The first-order valence-corrected chi connectivity index (χ1v) is 13.9. The van der Waals surface area contributed by atoms with Crippen LogP contribution in [0.2, 0.25) is 0 Å². The van der Waals surface area contributed by atoms with Gasteiger partial charge in [-0.25, -0.2) is 28.2 Å². The summed E-state index contributed by atoms with van der Waals surface area (Å²) in [6.45, 7) is 3.66. The molecule has 0 bridgehead atoms. The Morgan fingerprint density at radius 3 is 1.33 bits per heavy atom. The van der Waals surface area contributed by atoms with Crippen LogP contribution in [0, 0.1) is 40.1 Å². The summed E-state index contributed by atoms with van der Waals surface area (Å²) in [5.74, 6) is 0.431. The SMILES string of the molecule is Cc1c([C+](c2ccc([N+](=O)[O-])cc2)c2c(C)n(C)n(-c3ccccc3)c2=O)c(=O)n(-c2ccccc2)n1C.[O-][Cl+3]([O-])([O-])[O-]. The van der Waals surface area contributed by atoms with Crippen LogP contribution in [0.4, 0.5) is 5.69 Å². The van der Waals surface area contributed by atoms with Crippen molar-refractivity contribution in [2.75, 3.05) is 0 Å². The molecule has 5 aromatic rings. The van der Waals surface area contributed by atoms with E-state index in [1.54, 1.807) is 45.0 Å². The number of hydrogen-bond acceptors (Lipinski definition) is 8. The molecule has 13 nitrogen and oxygen atoms in total. The third-order valence-electron chi connectivity index (χ3n) is 6.98. The first kappa shape index (κ1) is 31.0. The minimum Gasteiger partial charge on any atom is -0.258 e. The first-order valence-electron chi connectivity index (χ1n) is 12.6. The van der Waals surface area contributed by atoms with Gasteiger partial charge in [-0.3, -0.25) is 19.5 Å². The number of aromatic nitrogens is 4. The number of nitro groups is 1. The maximum absolute atomic E-state index is 14.1. The lowest BCUT2D eigenvalue weighted by Gasteiger charge is -2.17. The van der Waals surface area contributed by atoms with Crippen LogP contribution in [0.15, 0.2) is 94.5 Å². The van der Waals surface area contributed by atoms with E-state index < -0.39 is 15.2 Å². The zero-order valence-electron chi connectivity index (χ0n) is 23.5. The molecule has 0 aliphatic heterocycles. The molecule has 0 aliphatic rings. The fraction of sp³-hybridized carbons (Fsp3) is 0.138. The summed E-state index contributed by atoms with van der Waals surface area (Å²) in [5.41, 5.74) is 3.26. The molecule has 43 heavy (non-hydrogen) atoms. The molecule has 0 saturated heterocycles. The Hall–Kier alpha value is -4.92. The molecule has 0 spiro atoms. The number of para-hydroxylation sites is 2. The van der Waals surface area contributed by atoms with E-state index in [1.807, 2.05) is 74.5 Å². The number of benzene rings is 3. The van der Waals surface area contributed by atoms with E-state index in [0.717, 1.165) is 0 Å². The summed E-state index contributed by atoms with van der Waals surface area (Å²) in [5, 5.41) is 11.3. The lowest BCUT2D eigenvalue weighted by Crippen LogP contribution is -2.68. The second-order valence-electron chi connectivity index (χ2n) is 9.43. The topological polar surface area (TPSA) is 189 Å². The van der Waals surface area contributed by atoms with E-state index >= 15 is 0 Å². The Labute approximate surface area is 247 Å². The van der Waals surface area contributed by atoms with Crippen LogP contribution in [0.3, 0.4) is 0 Å². The Morgan fingerprint density at radius 2 is 1.00 bits per heavy atom. The average Bonchev–Trinajstić information content (AvgIpc) is 3.31. The number of rotatable bonds is 6. The van der Waals surface area contributed by atoms with Crippen molar-refractivity contribution in [1.29, 1.82) is 0 Å². The Balaban J connectivity index is 0.000000782. The predicted molar refractivity (Wildman–Crippen MR) is 145 cm³/mol. The van der Waals surface area contributed by atoms with Gasteiger partial charge in [0.05, 0.1) is 39.2 Å². The van der Waals surface area contributed by atoms with E-state index in [4.69, 9.17) is 18.6 Å². The van der Waals surface area contributed by atoms with Crippen LogP contribution in [-0.4, -0.2) is 23.7 Å². The molecule has 0 fully saturated rings. The Morgan fingerprint density at radius 1 is 0.651 bits per heavy atom. The molecule has 5 rings (SSSR count). The lowest BCUT2D eigenvalue weighted by molar-refractivity contribution is -2.00. The van der Waals surface area contributed by atoms with Gasteiger partial charge in [0.15, 0.2) is 0 Å². The summed E-state index contributed by atoms with van der Waals surface area (Å²) in [7, 11) is -1.36. The number of nitro benzene ring substituents is 1. The average molecular weight is 608 g/mol. The van der Waals surface area contributed by atoms with E-state index in [9.17, 15) is 19.7 Å². The zero-order valence-corrected chi connectivity index (χ0v) is 24.2. The molecule has 0 saturated carbocycles. The molecule has 222 valence electrons. The quantitative estimate of drug-likeness (QED) is 0.140. The van der Waals surface area contributed by atoms with Gasteiger partial charge < -0.3 is 0 Å². The summed E-state index contributed by atoms with van der Waals surface area (Å²) in [4.78, 5) is 39.0. The monoisotopic (exact) mass is 607 g/mol. The first-order chi connectivity index (χ1) is 20.2. The predicted octanol–water partition coefficient (Wildman–Crippen LogP) is -0.546. The van der Waals surface area contributed by atoms with Gasteiger partial charge >= 0.3 is 11.1 Å². The molecular formula is C29H26ClN5O8. The Kier molecular flexibility index (Phi) is 8.75. The summed E-state index contributed by atoms with van der Waals surface area (Å²) in [6, 6.07) is 24.5. The fourth-order valence-corrected chi connectivity index (χ4v) is 4.88. The van der Waals surface area contributed by atoms with Crippen LogP contribution in [0.5, 0.6) is 0 Å². The molecule has 2 heterocycles. The molecule has 0 amide bonds. The van der Waals surface area contributed by atoms with Crippen molar-refractivity contribution in [3.63, 3.8) is 0 Å². The van der Waals surface area contributed by atoms with Crippen LogP contribution in [0.1, 0.15) is 28.1 Å². The molecule has 0 unspecified atom stereocenters. The molecule has 0 atom stereocenters. The van der Waals surface area contributed by atoms with Crippen molar-refractivity contribution in [2.45, 2.75) is 13.8 Å². The highest BCUT2D eigenvalue weighted by molar-refractivity contribution is 5.61. The van der Waals surface area contributed by atoms with Crippen molar-refractivity contribution in [3.8, 4) is 11.4 Å². The third kappa shape index (κ3) is 6.30. The number of hydrogen-bond donors (Lipinski definition) is 0. The highest BCUT2D eigenvalue weighted by atomic mass is 35.7. The van der Waals surface area contributed by atoms with Crippen LogP contribution in [0.25, 0.3) is 11.4 Å². The molecule has 2 aromatic heterocycles. The second-order valence-corrected chi connectivity index (χ2v) is 10.2. The highest BCUT2D eigenvalue weighted by Gasteiger charge is 2.38. The number of non-ortho nitro benzene ring substituents is 1. The molecule has 14 heteroatoms. The van der Waals surface area contributed by atoms with Gasteiger partial charge in [0, 0.05) is 26.2 Å².